The summed E-state index contributed by atoms with van der Waals surface area (Å²) in [6.45, 7) is 7.31. The summed E-state index contributed by atoms with van der Waals surface area (Å²) < 4.78 is 13.5. The van der Waals surface area contributed by atoms with Crippen molar-refractivity contribution in [3.63, 3.8) is 0 Å². The van der Waals surface area contributed by atoms with Gasteiger partial charge in [-0.15, -0.1) is 0 Å². The zero-order chi connectivity index (χ0) is 37.7. The number of hydrogen-bond donors (Lipinski definition) is 5. The van der Waals surface area contributed by atoms with Crippen LogP contribution in [0.25, 0.3) is 0 Å². The van der Waals surface area contributed by atoms with Crippen molar-refractivity contribution in [1.82, 2.24) is 20.9 Å². The minimum Gasteiger partial charge on any atom is -0.469 e. The number of carbonyl (C=O) groups excluding carboxylic acids is 3. The quantitative estimate of drug-likeness (QED) is 0.140. The predicted octanol–water partition coefficient (Wildman–Crippen LogP) is 5.54. The molecule has 0 aliphatic carbocycles. The van der Waals surface area contributed by atoms with E-state index in [1.165, 1.54) is 0 Å². The maximum absolute atomic E-state index is 14.9. The van der Waals surface area contributed by atoms with E-state index in [9.17, 15) is 19.5 Å². The van der Waals surface area contributed by atoms with Crippen LogP contribution in [0.5, 0.6) is 5.75 Å². The number of nitrogens with zero attached hydrogens (tertiary/aromatic N) is 1. The monoisotopic (exact) mass is 725 g/mol. The smallest absolute Gasteiger partial charge is 0.274 e. The first-order valence-corrected chi connectivity index (χ1v) is 18.4. The van der Waals surface area contributed by atoms with Gasteiger partial charge in [-0.25, -0.2) is 4.98 Å². The van der Waals surface area contributed by atoms with Crippen molar-refractivity contribution in [3.8, 4) is 5.75 Å². The molecule has 5 aromatic rings. The summed E-state index contributed by atoms with van der Waals surface area (Å²) in [4.78, 5) is 47.2. The molecule has 3 aliphatic heterocycles. The van der Waals surface area contributed by atoms with Crippen LogP contribution in [-0.4, -0.2) is 46.2 Å². The molecule has 4 aromatic carbocycles. The summed E-state index contributed by atoms with van der Waals surface area (Å²) >= 11 is 0. The zero-order valence-electron chi connectivity index (χ0n) is 30.5. The summed E-state index contributed by atoms with van der Waals surface area (Å²) in [7, 11) is 0. The summed E-state index contributed by atoms with van der Waals surface area (Å²) in [5.41, 5.74) is 3.82. The van der Waals surface area contributed by atoms with Gasteiger partial charge in [-0.3, -0.25) is 14.4 Å². The number of para-hydroxylation sites is 1. The third kappa shape index (κ3) is 5.89. The number of carbonyl (C=O) groups is 3. The molecule has 2 unspecified atom stereocenters. The van der Waals surface area contributed by atoms with Crippen LogP contribution in [0.1, 0.15) is 89.7 Å². The molecule has 5 atom stereocenters. The fraction of sp³-hybridized carbons (Fsp3) is 0.302. The van der Waals surface area contributed by atoms with E-state index in [1.807, 2.05) is 117 Å². The van der Waals surface area contributed by atoms with Gasteiger partial charge in [0.2, 0.25) is 17.7 Å². The Kier molecular flexibility index (Phi) is 8.97. The topological polar surface area (TPSA) is 155 Å². The number of rotatable bonds is 8. The van der Waals surface area contributed by atoms with Gasteiger partial charge in [0.05, 0.1) is 6.04 Å². The number of hydrogen-bond acceptors (Lipinski definition) is 8. The number of ether oxygens (including phenoxy) is 1. The van der Waals surface area contributed by atoms with E-state index in [2.05, 4.69) is 21.3 Å². The maximum atomic E-state index is 14.9. The molecular weight excluding hydrogens is 683 g/mol. The Labute approximate surface area is 313 Å². The van der Waals surface area contributed by atoms with Crippen LogP contribution in [-0.2, 0) is 21.4 Å². The lowest BCUT2D eigenvalue weighted by atomic mass is 9.72. The molecule has 8 rings (SSSR count). The molecule has 276 valence electrons. The highest BCUT2D eigenvalue weighted by atomic mass is 16.5. The Hall–Kier alpha value is -5.94. The van der Waals surface area contributed by atoms with Crippen LogP contribution < -0.4 is 26.0 Å². The van der Waals surface area contributed by atoms with Crippen molar-refractivity contribution >= 4 is 23.4 Å². The second kappa shape index (κ2) is 13.8. The van der Waals surface area contributed by atoms with E-state index < -0.39 is 53.6 Å². The van der Waals surface area contributed by atoms with E-state index in [1.54, 1.807) is 13.8 Å². The predicted molar refractivity (Wildman–Crippen MR) is 202 cm³/mol. The van der Waals surface area contributed by atoms with Crippen LogP contribution in [0, 0.1) is 11.8 Å². The van der Waals surface area contributed by atoms with Gasteiger partial charge < -0.3 is 35.5 Å². The number of anilines is 1. The number of aliphatic hydroxyl groups is 1. The maximum Gasteiger partial charge on any atom is 0.274 e. The Morgan fingerprint density at radius 3 is 2.20 bits per heavy atom. The summed E-state index contributed by atoms with van der Waals surface area (Å²) in [5, 5.41) is 23.3. The molecule has 4 heterocycles. The van der Waals surface area contributed by atoms with E-state index in [-0.39, 0.29) is 29.8 Å². The first-order valence-electron chi connectivity index (χ1n) is 18.4. The van der Waals surface area contributed by atoms with Gasteiger partial charge in [-0.2, -0.15) is 0 Å². The standard InChI is InChI=1S/C43H43N5O6/c1-23(2)33-41-48-35(39(51)47-34(26-13-7-5-8-14-26)27-15-9-6-10-16-27)37(54-41)43-28-17-11-12-18-30(28)45-42(43)53-32-20-19-25(21-29(32)43)22-31(38(50)46-33)44-40(52)36(49)24(3)4/h5-21,23-24,31,33-34,36,42,45,49H,22H2,1-4H3,(H,44,52)(H,46,50)(H,47,51)/t31-,33-,36-,42?,43?/m0/s1. The lowest BCUT2D eigenvalue weighted by Gasteiger charge is -2.29. The Bertz CT molecular complexity index is 2180. The lowest BCUT2D eigenvalue weighted by molar-refractivity contribution is -0.135. The van der Waals surface area contributed by atoms with Crippen molar-refractivity contribution in [2.45, 2.75) is 70.0 Å². The van der Waals surface area contributed by atoms with Gasteiger partial charge in [0, 0.05) is 17.7 Å². The lowest BCUT2D eigenvalue weighted by Crippen LogP contribution is -2.52. The van der Waals surface area contributed by atoms with Crippen LogP contribution in [0.2, 0.25) is 0 Å². The molecule has 0 fully saturated rings. The van der Waals surface area contributed by atoms with Gasteiger partial charge in [-0.05, 0) is 46.2 Å². The minimum atomic E-state index is -1.30. The molecule has 3 aliphatic rings. The van der Waals surface area contributed by atoms with Crippen molar-refractivity contribution in [2.75, 3.05) is 5.32 Å². The van der Waals surface area contributed by atoms with E-state index in [4.69, 9.17) is 14.1 Å². The first-order chi connectivity index (χ1) is 26.1. The number of oxazole rings is 1. The normalized spacial score (nSPS) is 21.6. The molecule has 4 bridgehead atoms. The van der Waals surface area contributed by atoms with Gasteiger partial charge in [0.15, 0.2) is 17.7 Å². The average molecular weight is 726 g/mol. The molecule has 11 heteroatoms. The van der Waals surface area contributed by atoms with Crippen LogP contribution in [0.4, 0.5) is 5.69 Å². The van der Waals surface area contributed by atoms with Gasteiger partial charge in [0.25, 0.3) is 5.91 Å². The van der Waals surface area contributed by atoms with Crippen molar-refractivity contribution < 1.29 is 28.6 Å². The molecule has 0 saturated carbocycles. The summed E-state index contributed by atoms with van der Waals surface area (Å²) in [6, 6.07) is 30.6. The van der Waals surface area contributed by atoms with Gasteiger partial charge in [-0.1, -0.05) is 119 Å². The number of nitrogens with one attached hydrogen (secondary N) is 4. The molecule has 3 amide bonds. The molecule has 11 nitrogen and oxygen atoms in total. The van der Waals surface area contributed by atoms with Crippen molar-refractivity contribution in [3.05, 3.63) is 148 Å². The molecule has 0 saturated heterocycles. The number of benzene rings is 4. The minimum absolute atomic E-state index is 0.0660. The molecule has 54 heavy (non-hydrogen) atoms. The van der Waals surface area contributed by atoms with E-state index in [0.717, 1.165) is 33.5 Å². The Morgan fingerprint density at radius 1 is 0.870 bits per heavy atom. The number of fused-ring (bicyclic) bond motifs is 4. The largest absolute Gasteiger partial charge is 0.469 e. The molecular formula is C43H43N5O6. The number of aliphatic hydroxyl groups excluding tert-OH is 1. The van der Waals surface area contributed by atoms with Gasteiger partial charge in [0.1, 0.15) is 29.4 Å². The molecule has 1 aromatic heterocycles. The highest BCUT2D eigenvalue weighted by molar-refractivity contribution is 5.95. The second-order valence-electron chi connectivity index (χ2n) is 15.0. The van der Waals surface area contributed by atoms with Crippen LogP contribution >= 0.6 is 0 Å². The molecule has 5 N–H and O–H groups in total. The van der Waals surface area contributed by atoms with E-state index >= 15 is 0 Å². The SMILES string of the molecule is CC(C)[C@H](O)C(=O)N[C@H]1Cc2ccc3c(c2)C2(c4ccccc4NC2O3)c2oc(nc2C(=O)NC(c2ccccc2)c2ccccc2)[C@H](C(C)C)NC1=O. The third-order valence-corrected chi connectivity index (χ3v) is 10.7. The Morgan fingerprint density at radius 2 is 1.54 bits per heavy atom. The summed E-state index contributed by atoms with van der Waals surface area (Å²) in [5.74, 6) is -1.16. The highest BCUT2D eigenvalue weighted by Gasteiger charge is 2.61. The fourth-order valence-electron chi connectivity index (χ4n) is 7.87. The van der Waals surface area contributed by atoms with Crippen molar-refractivity contribution in [2.24, 2.45) is 11.8 Å². The fourth-order valence-corrected chi connectivity index (χ4v) is 7.87. The molecule has 0 radical (unpaired) electrons. The second-order valence-corrected chi connectivity index (χ2v) is 15.0. The molecule has 1 spiro atoms. The highest BCUT2D eigenvalue weighted by Crippen LogP contribution is 2.58. The van der Waals surface area contributed by atoms with E-state index in [0.29, 0.717) is 11.5 Å². The summed E-state index contributed by atoms with van der Waals surface area (Å²) in [6.07, 6.45) is -1.87. The average Bonchev–Trinajstić information content (AvgIpc) is 3.85. The van der Waals surface area contributed by atoms with Crippen LogP contribution in [0.15, 0.2) is 108 Å². The Balaban J connectivity index is 1.32. The van der Waals surface area contributed by atoms with Crippen molar-refractivity contribution in [1.29, 1.82) is 0 Å². The zero-order valence-corrected chi connectivity index (χ0v) is 30.5. The van der Waals surface area contributed by atoms with Gasteiger partial charge >= 0.3 is 0 Å². The number of amides is 3. The number of aromatic nitrogens is 1. The van der Waals surface area contributed by atoms with Crippen LogP contribution in [0.3, 0.4) is 0 Å². The third-order valence-electron chi connectivity index (χ3n) is 10.7. The first kappa shape index (κ1) is 35.1.